The molecule has 0 aromatic heterocycles. The van der Waals surface area contributed by atoms with E-state index in [1.165, 1.54) is 11.8 Å². The number of hydrogen-bond acceptors (Lipinski definition) is 4. The summed E-state index contributed by atoms with van der Waals surface area (Å²) in [6.45, 7) is 4.09. The number of Topliss-reactive ketones (excluding diaryl/α,β-unsaturated/α-hetero) is 1. The van der Waals surface area contributed by atoms with Gasteiger partial charge < -0.3 is 4.74 Å². The molecule has 90 valence electrons. The minimum absolute atomic E-state index is 0.0260. The second-order valence-corrected chi connectivity index (χ2v) is 4.10. The fourth-order valence-electron chi connectivity index (χ4n) is 1.62. The van der Waals surface area contributed by atoms with Gasteiger partial charge in [-0.2, -0.15) is 0 Å². The van der Waals surface area contributed by atoms with Crippen LogP contribution in [0.25, 0.3) is 0 Å². The van der Waals surface area contributed by atoms with Crippen LogP contribution in [0.1, 0.15) is 26.7 Å². The zero-order chi connectivity index (χ0) is 12.1. The average molecular weight is 227 g/mol. The highest BCUT2D eigenvalue weighted by molar-refractivity contribution is 6.03. The third-order valence-electron chi connectivity index (χ3n) is 2.45. The Balaban J connectivity index is 2.20. The molecule has 2 amide bonds. The number of nitrogens with zero attached hydrogens (tertiary/aromatic N) is 1. The molecule has 0 bridgehead atoms. The van der Waals surface area contributed by atoms with Crippen molar-refractivity contribution in [2.24, 2.45) is 5.92 Å². The average Bonchev–Trinajstić information content (AvgIpc) is 2.43. The Morgan fingerprint density at radius 1 is 1.50 bits per heavy atom. The summed E-state index contributed by atoms with van der Waals surface area (Å²) in [5.41, 5.74) is 0. The molecule has 0 aliphatic carbocycles. The van der Waals surface area contributed by atoms with Crippen LogP contribution in [0.5, 0.6) is 0 Å². The molecule has 1 fully saturated rings. The molecule has 0 spiro atoms. The lowest BCUT2D eigenvalue weighted by Gasteiger charge is -2.13. The summed E-state index contributed by atoms with van der Waals surface area (Å²) >= 11 is 0. The number of rotatable bonds is 6. The van der Waals surface area contributed by atoms with E-state index in [9.17, 15) is 14.4 Å². The largest absolute Gasteiger partial charge is 0.374 e. The van der Waals surface area contributed by atoms with Crippen molar-refractivity contribution in [2.75, 3.05) is 19.8 Å². The Morgan fingerprint density at radius 2 is 2.19 bits per heavy atom. The maximum atomic E-state index is 11.5. The standard InChI is InChI=1S/C11H17NO4/c1-8-6-10(14)12(11(8)15)4-3-5-16-7-9(2)13/h8H,3-7H2,1-2H3. The Morgan fingerprint density at radius 3 is 2.69 bits per heavy atom. The quantitative estimate of drug-likeness (QED) is 0.486. The highest BCUT2D eigenvalue weighted by atomic mass is 16.5. The molecule has 1 aliphatic heterocycles. The van der Waals surface area contributed by atoms with Crippen LogP contribution in [0.15, 0.2) is 0 Å². The maximum Gasteiger partial charge on any atom is 0.232 e. The normalized spacial score (nSPS) is 20.6. The van der Waals surface area contributed by atoms with E-state index in [0.717, 1.165) is 0 Å². The molecule has 1 heterocycles. The third-order valence-corrected chi connectivity index (χ3v) is 2.45. The highest BCUT2D eigenvalue weighted by Crippen LogP contribution is 2.18. The fourth-order valence-corrected chi connectivity index (χ4v) is 1.62. The molecule has 0 aromatic carbocycles. The van der Waals surface area contributed by atoms with Gasteiger partial charge in [-0.15, -0.1) is 0 Å². The number of ketones is 1. The second-order valence-electron chi connectivity index (χ2n) is 4.10. The van der Waals surface area contributed by atoms with Crippen molar-refractivity contribution in [3.63, 3.8) is 0 Å². The smallest absolute Gasteiger partial charge is 0.232 e. The van der Waals surface area contributed by atoms with Crippen LogP contribution in [0.2, 0.25) is 0 Å². The van der Waals surface area contributed by atoms with E-state index < -0.39 is 0 Å². The predicted molar refractivity (Wildman–Crippen MR) is 56.6 cm³/mol. The van der Waals surface area contributed by atoms with Gasteiger partial charge in [0.2, 0.25) is 11.8 Å². The predicted octanol–water partition coefficient (Wildman–Crippen LogP) is 0.377. The van der Waals surface area contributed by atoms with Crippen LogP contribution in [-0.2, 0) is 19.1 Å². The Bertz CT molecular complexity index is 300. The van der Waals surface area contributed by atoms with E-state index in [1.54, 1.807) is 6.92 Å². The molecule has 1 unspecified atom stereocenters. The number of amides is 2. The number of imide groups is 1. The first-order valence-corrected chi connectivity index (χ1v) is 5.43. The van der Waals surface area contributed by atoms with Gasteiger partial charge in [0.1, 0.15) is 6.61 Å². The lowest BCUT2D eigenvalue weighted by molar-refractivity contribution is -0.139. The molecular weight excluding hydrogens is 210 g/mol. The van der Waals surface area contributed by atoms with Gasteiger partial charge in [-0.3, -0.25) is 19.3 Å². The lowest BCUT2D eigenvalue weighted by atomic mass is 10.1. The van der Waals surface area contributed by atoms with Crippen LogP contribution in [0.3, 0.4) is 0 Å². The van der Waals surface area contributed by atoms with Crippen LogP contribution < -0.4 is 0 Å². The molecule has 5 nitrogen and oxygen atoms in total. The van der Waals surface area contributed by atoms with Crippen LogP contribution in [-0.4, -0.2) is 42.3 Å². The third kappa shape index (κ3) is 3.41. The Kier molecular flexibility index (Phi) is 4.61. The fraction of sp³-hybridized carbons (Fsp3) is 0.727. The minimum Gasteiger partial charge on any atom is -0.374 e. The molecule has 0 radical (unpaired) electrons. The lowest BCUT2D eigenvalue weighted by Crippen LogP contribution is -2.31. The number of ether oxygens (including phenoxy) is 1. The van der Waals surface area contributed by atoms with Gasteiger partial charge in [0.05, 0.1) is 0 Å². The van der Waals surface area contributed by atoms with Crippen LogP contribution >= 0.6 is 0 Å². The van der Waals surface area contributed by atoms with Crippen molar-refractivity contribution in [3.8, 4) is 0 Å². The molecule has 0 aromatic rings. The van der Waals surface area contributed by atoms with E-state index in [2.05, 4.69) is 0 Å². The molecule has 1 saturated heterocycles. The number of likely N-dealkylation sites (tertiary alicyclic amines) is 1. The van der Waals surface area contributed by atoms with Gasteiger partial charge in [-0.25, -0.2) is 0 Å². The van der Waals surface area contributed by atoms with Gasteiger partial charge in [-0.05, 0) is 13.3 Å². The summed E-state index contributed by atoms with van der Waals surface area (Å²) in [4.78, 5) is 34.7. The monoisotopic (exact) mass is 227 g/mol. The van der Waals surface area contributed by atoms with E-state index in [1.807, 2.05) is 0 Å². The molecule has 1 rings (SSSR count). The SMILES string of the molecule is CC(=O)COCCCN1C(=O)CC(C)C1=O. The van der Waals surface area contributed by atoms with E-state index in [0.29, 0.717) is 26.0 Å². The van der Waals surface area contributed by atoms with Crippen LogP contribution in [0, 0.1) is 5.92 Å². The number of carbonyl (C=O) groups is 3. The zero-order valence-electron chi connectivity index (χ0n) is 9.69. The zero-order valence-corrected chi connectivity index (χ0v) is 9.69. The second kappa shape index (κ2) is 5.75. The van der Waals surface area contributed by atoms with Gasteiger partial charge in [0.15, 0.2) is 5.78 Å². The summed E-state index contributed by atoms with van der Waals surface area (Å²) in [7, 11) is 0. The number of carbonyl (C=O) groups excluding carboxylic acids is 3. The van der Waals surface area contributed by atoms with Gasteiger partial charge in [-0.1, -0.05) is 6.92 Å². The molecular formula is C11H17NO4. The first-order valence-electron chi connectivity index (χ1n) is 5.43. The molecule has 1 atom stereocenters. The molecule has 0 saturated carbocycles. The van der Waals surface area contributed by atoms with Gasteiger partial charge >= 0.3 is 0 Å². The van der Waals surface area contributed by atoms with E-state index in [4.69, 9.17) is 4.74 Å². The molecule has 5 heteroatoms. The summed E-state index contributed by atoms with van der Waals surface area (Å²) < 4.78 is 5.05. The molecule has 1 aliphatic rings. The first-order chi connectivity index (χ1) is 7.52. The molecule has 16 heavy (non-hydrogen) atoms. The number of hydrogen-bond donors (Lipinski definition) is 0. The Hall–Kier alpha value is -1.23. The summed E-state index contributed by atoms with van der Waals surface area (Å²) in [5, 5.41) is 0. The topological polar surface area (TPSA) is 63.7 Å². The minimum atomic E-state index is -0.189. The summed E-state index contributed by atoms with van der Waals surface area (Å²) in [5.74, 6) is -0.423. The first kappa shape index (κ1) is 12.8. The van der Waals surface area contributed by atoms with Crippen molar-refractivity contribution in [1.82, 2.24) is 4.90 Å². The highest BCUT2D eigenvalue weighted by Gasteiger charge is 2.34. The maximum absolute atomic E-state index is 11.5. The van der Waals surface area contributed by atoms with Crippen molar-refractivity contribution in [2.45, 2.75) is 26.7 Å². The van der Waals surface area contributed by atoms with Crippen molar-refractivity contribution in [1.29, 1.82) is 0 Å². The summed E-state index contributed by atoms with van der Waals surface area (Å²) in [6, 6.07) is 0. The van der Waals surface area contributed by atoms with E-state index >= 15 is 0 Å². The van der Waals surface area contributed by atoms with Crippen molar-refractivity contribution < 1.29 is 19.1 Å². The molecule has 0 N–H and O–H groups in total. The van der Waals surface area contributed by atoms with Gasteiger partial charge in [0, 0.05) is 25.5 Å². The summed E-state index contributed by atoms with van der Waals surface area (Å²) in [6.07, 6.45) is 0.893. The Labute approximate surface area is 94.7 Å². The van der Waals surface area contributed by atoms with Crippen molar-refractivity contribution in [3.05, 3.63) is 0 Å². The van der Waals surface area contributed by atoms with Crippen molar-refractivity contribution >= 4 is 17.6 Å². The van der Waals surface area contributed by atoms with Crippen LogP contribution in [0.4, 0.5) is 0 Å². The van der Waals surface area contributed by atoms with Gasteiger partial charge in [0.25, 0.3) is 0 Å². The van der Waals surface area contributed by atoms with E-state index in [-0.39, 0.29) is 30.1 Å².